The highest BCUT2D eigenvalue weighted by Crippen LogP contribution is 2.07. The molecule has 0 spiro atoms. The number of rotatable bonds is 8. The van der Waals surface area contributed by atoms with E-state index in [4.69, 9.17) is 4.74 Å². The molecule has 0 aromatic rings. The third-order valence-electron chi connectivity index (χ3n) is 3.12. The van der Waals surface area contributed by atoms with Crippen LogP contribution in [0.2, 0.25) is 0 Å². The Morgan fingerprint density at radius 1 is 1.25 bits per heavy atom. The monoisotopic (exact) mass is 228 g/mol. The van der Waals surface area contributed by atoms with Gasteiger partial charge in [0.1, 0.15) is 0 Å². The number of nitrogens with zero attached hydrogens (tertiary/aromatic N) is 1. The van der Waals surface area contributed by atoms with E-state index in [1.807, 2.05) is 0 Å². The fraction of sp³-hybridized carbons (Fsp3) is 1.00. The zero-order valence-corrected chi connectivity index (χ0v) is 11.0. The Morgan fingerprint density at radius 3 is 2.69 bits per heavy atom. The average molecular weight is 228 g/mol. The second kappa shape index (κ2) is 8.97. The van der Waals surface area contributed by atoms with Crippen molar-refractivity contribution in [2.45, 2.75) is 45.6 Å². The Bertz CT molecular complexity index is 158. The largest absolute Gasteiger partial charge is 0.376 e. The van der Waals surface area contributed by atoms with Gasteiger partial charge in [-0.2, -0.15) is 0 Å². The summed E-state index contributed by atoms with van der Waals surface area (Å²) in [5.41, 5.74) is 0. The number of piperidine rings is 1. The summed E-state index contributed by atoms with van der Waals surface area (Å²) >= 11 is 0. The third kappa shape index (κ3) is 6.46. The van der Waals surface area contributed by atoms with Gasteiger partial charge in [-0.15, -0.1) is 0 Å². The average Bonchev–Trinajstić information content (AvgIpc) is 2.31. The molecule has 0 aliphatic carbocycles. The van der Waals surface area contributed by atoms with E-state index in [0.717, 1.165) is 26.2 Å². The standard InChI is InChI=1S/C13H28N2O/c1-3-7-14-12-13(2)16-11-10-15-8-5-4-6-9-15/h13-14H,3-12H2,1-2H3. The number of nitrogens with one attached hydrogen (secondary N) is 1. The van der Waals surface area contributed by atoms with Gasteiger partial charge in [-0.05, 0) is 45.8 Å². The lowest BCUT2D eigenvalue weighted by molar-refractivity contribution is 0.0451. The second-order valence-electron chi connectivity index (χ2n) is 4.79. The molecule has 3 heteroatoms. The molecule has 0 saturated carbocycles. The maximum absolute atomic E-state index is 5.79. The van der Waals surface area contributed by atoms with Crippen LogP contribution < -0.4 is 5.32 Å². The zero-order chi connectivity index (χ0) is 11.6. The maximum Gasteiger partial charge on any atom is 0.0672 e. The van der Waals surface area contributed by atoms with Crippen LogP contribution in [0, 0.1) is 0 Å². The van der Waals surface area contributed by atoms with E-state index in [9.17, 15) is 0 Å². The third-order valence-corrected chi connectivity index (χ3v) is 3.12. The molecular formula is C13H28N2O. The van der Waals surface area contributed by atoms with E-state index in [-0.39, 0.29) is 0 Å². The van der Waals surface area contributed by atoms with Crippen LogP contribution in [0.4, 0.5) is 0 Å². The van der Waals surface area contributed by atoms with Gasteiger partial charge >= 0.3 is 0 Å². The van der Waals surface area contributed by atoms with E-state index < -0.39 is 0 Å². The lowest BCUT2D eigenvalue weighted by Crippen LogP contribution is -2.34. The molecule has 1 heterocycles. The Hall–Kier alpha value is -0.120. The Labute approximate surface area is 101 Å². The quantitative estimate of drug-likeness (QED) is 0.642. The number of hydrogen-bond acceptors (Lipinski definition) is 3. The van der Waals surface area contributed by atoms with E-state index in [2.05, 4.69) is 24.1 Å². The van der Waals surface area contributed by atoms with E-state index in [1.54, 1.807) is 0 Å². The Morgan fingerprint density at radius 2 is 2.00 bits per heavy atom. The first-order chi connectivity index (χ1) is 7.83. The van der Waals surface area contributed by atoms with Gasteiger partial charge in [-0.1, -0.05) is 13.3 Å². The summed E-state index contributed by atoms with van der Waals surface area (Å²) in [5.74, 6) is 0. The maximum atomic E-state index is 5.79. The summed E-state index contributed by atoms with van der Waals surface area (Å²) < 4.78 is 5.79. The molecule has 3 nitrogen and oxygen atoms in total. The Balaban J connectivity index is 1.92. The van der Waals surface area contributed by atoms with Crippen LogP contribution in [0.25, 0.3) is 0 Å². The molecule has 1 N–H and O–H groups in total. The van der Waals surface area contributed by atoms with Crippen LogP contribution in [0.15, 0.2) is 0 Å². The van der Waals surface area contributed by atoms with Crippen LogP contribution in [-0.2, 0) is 4.74 Å². The van der Waals surface area contributed by atoms with Crippen molar-refractivity contribution < 1.29 is 4.74 Å². The van der Waals surface area contributed by atoms with Crippen LogP contribution in [0.3, 0.4) is 0 Å². The SMILES string of the molecule is CCCNCC(C)OCCN1CCCCC1. The minimum absolute atomic E-state index is 0.344. The van der Waals surface area contributed by atoms with Crippen molar-refractivity contribution in [2.75, 3.05) is 39.3 Å². The molecule has 1 unspecified atom stereocenters. The minimum atomic E-state index is 0.344. The normalized spacial score (nSPS) is 19.9. The Kier molecular flexibility index (Phi) is 7.81. The molecule has 1 saturated heterocycles. The van der Waals surface area contributed by atoms with Gasteiger partial charge in [0.2, 0.25) is 0 Å². The van der Waals surface area contributed by atoms with Crippen molar-refractivity contribution in [3.63, 3.8) is 0 Å². The topological polar surface area (TPSA) is 24.5 Å². The van der Waals surface area contributed by atoms with Gasteiger partial charge in [0.15, 0.2) is 0 Å². The smallest absolute Gasteiger partial charge is 0.0672 e. The lowest BCUT2D eigenvalue weighted by atomic mass is 10.1. The predicted molar refractivity (Wildman–Crippen MR) is 68.9 cm³/mol. The van der Waals surface area contributed by atoms with Gasteiger partial charge in [-0.25, -0.2) is 0 Å². The molecule has 0 aromatic heterocycles. The van der Waals surface area contributed by atoms with Crippen LogP contribution in [0.5, 0.6) is 0 Å². The molecule has 0 aromatic carbocycles. The first-order valence-corrected chi connectivity index (χ1v) is 6.87. The van der Waals surface area contributed by atoms with Gasteiger partial charge in [0, 0.05) is 13.1 Å². The fourth-order valence-electron chi connectivity index (χ4n) is 2.11. The molecule has 0 amide bonds. The van der Waals surface area contributed by atoms with Crippen molar-refractivity contribution in [3.05, 3.63) is 0 Å². The fourth-order valence-corrected chi connectivity index (χ4v) is 2.11. The van der Waals surface area contributed by atoms with Gasteiger partial charge in [0.25, 0.3) is 0 Å². The first kappa shape index (κ1) is 13.9. The summed E-state index contributed by atoms with van der Waals surface area (Å²) in [5, 5.41) is 3.38. The summed E-state index contributed by atoms with van der Waals surface area (Å²) in [6.07, 6.45) is 5.69. The molecule has 1 rings (SSSR count). The summed E-state index contributed by atoms with van der Waals surface area (Å²) in [7, 11) is 0. The number of ether oxygens (including phenoxy) is 1. The van der Waals surface area contributed by atoms with Crippen LogP contribution in [0.1, 0.15) is 39.5 Å². The lowest BCUT2D eigenvalue weighted by Gasteiger charge is -2.26. The van der Waals surface area contributed by atoms with E-state index in [0.29, 0.717) is 6.10 Å². The van der Waals surface area contributed by atoms with Crippen LogP contribution in [-0.4, -0.2) is 50.3 Å². The van der Waals surface area contributed by atoms with E-state index in [1.165, 1.54) is 38.8 Å². The van der Waals surface area contributed by atoms with E-state index >= 15 is 0 Å². The molecule has 1 aliphatic heterocycles. The first-order valence-electron chi connectivity index (χ1n) is 6.87. The van der Waals surface area contributed by atoms with Crippen molar-refractivity contribution in [1.29, 1.82) is 0 Å². The van der Waals surface area contributed by atoms with Crippen molar-refractivity contribution in [1.82, 2.24) is 10.2 Å². The predicted octanol–water partition coefficient (Wildman–Crippen LogP) is 1.88. The minimum Gasteiger partial charge on any atom is -0.376 e. The van der Waals surface area contributed by atoms with Crippen molar-refractivity contribution >= 4 is 0 Å². The van der Waals surface area contributed by atoms with Crippen LogP contribution >= 0.6 is 0 Å². The highest BCUT2D eigenvalue weighted by molar-refractivity contribution is 4.64. The molecular weight excluding hydrogens is 200 g/mol. The summed E-state index contributed by atoms with van der Waals surface area (Å²) in [6.45, 7) is 11.0. The molecule has 16 heavy (non-hydrogen) atoms. The molecule has 0 bridgehead atoms. The molecule has 1 atom stereocenters. The number of hydrogen-bond donors (Lipinski definition) is 1. The summed E-state index contributed by atoms with van der Waals surface area (Å²) in [4.78, 5) is 2.52. The molecule has 96 valence electrons. The molecule has 1 aliphatic rings. The highest BCUT2D eigenvalue weighted by atomic mass is 16.5. The van der Waals surface area contributed by atoms with Crippen molar-refractivity contribution in [2.24, 2.45) is 0 Å². The van der Waals surface area contributed by atoms with Gasteiger partial charge in [-0.3, -0.25) is 0 Å². The molecule has 0 radical (unpaired) electrons. The summed E-state index contributed by atoms with van der Waals surface area (Å²) in [6, 6.07) is 0. The highest BCUT2D eigenvalue weighted by Gasteiger charge is 2.10. The molecule has 1 fully saturated rings. The van der Waals surface area contributed by atoms with Crippen molar-refractivity contribution in [3.8, 4) is 0 Å². The second-order valence-corrected chi connectivity index (χ2v) is 4.79. The number of likely N-dealkylation sites (tertiary alicyclic amines) is 1. The van der Waals surface area contributed by atoms with Gasteiger partial charge in [0.05, 0.1) is 12.7 Å². The van der Waals surface area contributed by atoms with Gasteiger partial charge < -0.3 is 15.0 Å². The zero-order valence-electron chi connectivity index (χ0n) is 11.0.